The number of nitrogens with two attached hydrogens (primary N) is 1. The predicted octanol–water partition coefficient (Wildman–Crippen LogP) is 1.36. The number of aromatic nitrogens is 1. The third kappa shape index (κ3) is 4.50. The van der Waals surface area contributed by atoms with E-state index >= 15 is 0 Å². The van der Waals surface area contributed by atoms with E-state index in [9.17, 15) is 9.59 Å². The van der Waals surface area contributed by atoms with Gasteiger partial charge in [-0.3, -0.25) is 9.59 Å². The van der Waals surface area contributed by atoms with E-state index in [2.05, 4.69) is 4.98 Å². The lowest BCUT2D eigenvalue weighted by Gasteiger charge is -2.31. The maximum atomic E-state index is 12.3. The summed E-state index contributed by atoms with van der Waals surface area (Å²) in [5.74, 6) is -0.358. The van der Waals surface area contributed by atoms with E-state index in [1.807, 2.05) is 4.90 Å². The van der Waals surface area contributed by atoms with Crippen LogP contribution in [0.2, 0.25) is 0 Å². The number of carbonyl (C=O) groups is 2. The van der Waals surface area contributed by atoms with Gasteiger partial charge in [-0.2, -0.15) is 0 Å². The van der Waals surface area contributed by atoms with Crippen LogP contribution in [-0.2, 0) is 11.2 Å². The Morgan fingerprint density at radius 3 is 2.76 bits per heavy atom. The van der Waals surface area contributed by atoms with Crippen molar-refractivity contribution in [3.63, 3.8) is 0 Å². The van der Waals surface area contributed by atoms with Crippen molar-refractivity contribution in [2.75, 3.05) is 19.6 Å². The molecule has 1 amide bonds. The monoisotopic (exact) mass is 311 g/mol. The molecule has 1 aliphatic rings. The molecule has 0 bridgehead atoms. The van der Waals surface area contributed by atoms with Crippen LogP contribution in [0.15, 0.2) is 5.38 Å². The maximum Gasteiger partial charge on any atom is 0.303 e. The molecule has 0 atom stereocenters. The molecule has 1 aromatic heterocycles. The van der Waals surface area contributed by atoms with Crippen LogP contribution in [0, 0.1) is 5.92 Å². The average Bonchev–Trinajstić information content (AvgIpc) is 2.94. The summed E-state index contributed by atoms with van der Waals surface area (Å²) in [5.41, 5.74) is 5.99. The average molecular weight is 311 g/mol. The molecule has 6 nitrogen and oxygen atoms in total. The molecule has 2 rings (SSSR count). The third-order valence-electron chi connectivity index (χ3n) is 3.80. The van der Waals surface area contributed by atoms with Crippen LogP contribution in [0.25, 0.3) is 0 Å². The highest BCUT2D eigenvalue weighted by Gasteiger charge is 2.25. The molecule has 1 fully saturated rings. The van der Waals surface area contributed by atoms with Gasteiger partial charge < -0.3 is 15.7 Å². The second-order valence-corrected chi connectivity index (χ2v) is 6.28. The first-order chi connectivity index (χ1) is 10.1. The first-order valence-electron chi connectivity index (χ1n) is 7.25. The third-order valence-corrected chi connectivity index (χ3v) is 4.71. The Morgan fingerprint density at radius 1 is 1.43 bits per heavy atom. The zero-order valence-corrected chi connectivity index (χ0v) is 12.8. The molecule has 0 saturated carbocycles. The van der Waals surface area contributed by atoms with E-state index in [1.54, 1.807) is 5.38 Å². The Balaban J connectivity index is 1.83. The van der Waals surface area contributed by atoms with Crippen molar-refractivity contribution in [3.8, 4) is 0 Å². The highest BCUT2D eigenvalue weighted by atomic mass is 32.1. The van der Waals surface area contributed by atoms with Crippen LogP contribution in [0.5, 0.6) is 0 Å². The smallest absolute Gasteiger partial charge is 0.303 e. The molecule has 1 aliphatic heterocycles. The van der Waals surface area contributed by atoms with Crippen LogP contribution in [-0.4, -0.2) is 46.5 Å². The normalized spacial score (nSPS) is 16.1. The minimum atomic E-state index is -0.747. The van der Waals surface area contributed by atoms with Gasteiger partial charge >= 0.3 is 5.97 Å². The maximum absolute atomic E-state index is 12.3. The van der Waals surface area contributed by atoms with Gasteiger partial charge in [0.15, 0.2) is 0 Å². The first-order valence-corrected chi connectivity index (χ1v) is 8.13. The van der Waals surface area contributed by atoms with Crippen LogP contribution in [0.3, 0.4) is 0 Å². The quantitative estimate of drug-likeness (QED) is 0.827. The summed E-state index contributed by atoms with van der Waals surface area (Å²) in [4.78, 5) is 29.1. The molecule has 0 aromatic carbocycles. The van der Waals surface area contributed by atoms with E-state index in [1.165, 1.54) is 11.3 Å². The number of carboxylic acid groups (broad SMARTS) is 1. The number of rotatable bonds is 6. The summed E-state index contributed by atoms with van der Waals surface area (Å²) in [6, 6.07) is 0. The first kappa shape index (κ1) is 15.9. The lowest BCUT2D eigenvalue weighted by atomic mass is 9.92. The summed E-state index contributed by atoms with van der Waals surface area (Å²) < 4.78 is 0. The van der Waals surface area contributed by atoms with Crippen LogP contribution in [0.4, 0.5) is 0 Å². The van der Waals surface area contributed by atoms with Crippen molar-refractivity contribution in [2.24, 2.45) is 11.7 Å². The van der Waals surface area contributed by atoms with Crippen molar-refractivity contribution >= 4 is 23.2 Å². The molecule has 0 spiro atoms. The topological polar surface area (TPSA) is 96.5 Å². The summed E-state index contributed by atoms with van der Waals surface area (Å²) in [5, 5.41) is 11.4. The molecule has 0 aliphatic carbocycles. The van der Waals surface area contributed by atoms with Crippen LogP contribution < -0.4 is 5.73 Å². The molecule has 116 valence electrons. The summed E-state index contributed by atoms with van der Waals surface area (Å²) >= 11 is 1.47. The molecule has 1 saturated heterocycles. The standard InChI is InChI=1S/C14H21N3O3S/c15-6-3-12-16-11(9-21-12)14(20)17-7-4-10(5-8-17)1-2-13(18)19/h9-10H,1-8,15H2,(H,18,19). The van der Waals surface area contributed by atoms with Gasteiger partial charge in [-0.15, -0.1) is 11.3 Å². The van der Waals surface area contributed by atoms with Crippen molar-refractivity contribution in [1.29, 1.82) is 0 Å². The fourth-order valence-corrected chi connectivity index (χ4v) is 3.35. The lowest BCUT2D eigenvalue weighted by Crippen LogP contribution is -2.38. The lowest BCUT2D eigenvalue weighted by molar-refractivity contribution is -0.137. The number of carboxylic acids is 1. The fourth-order valence-electron chi connectivity index (χ4n) is 2.56. The molecule has 7 heteroatoms. The molecular formula is C14H21N3O3S. The SMILES string of the molecule is NCCc1nc(C(=O)N2CCC(CCC(=O)O)CC2)cs1. The van der Waals surface area contributed by atoms with Gasteiger partial charge in [0.25, 0.3) is 5.91 Å². The van der Waals surface area contributed by atoms with Gasteiger partial charge in [0.05, 0.1) is 5.01 Å². The van der Waals surface area contributed by atoms with E-state index in [4.69, 9.17) is 10.8 Å². The number of likely N-dealkylation sites (tertiary alicyclic amines) is 1. The van der Waals surface area contributed by atoms with E-state index in [-0.39, 0.29) is 12.3 Å². The molecule has 0 radical (unpaired) electrons. The largest absolute Gasteiger partial charge is 0.481 e. The molecular weight excluding hydrogens is 290 g/mol. The van der Waals surface area contributed by atoms with Crippen LogP contribution >= 0.6 is 11.3 Å². The second kappa shape index (κ2) is 7.51. The number of nitrogens with zero attached hydrogens (tertiary/aromatic N) is 2. The Hall–Kier alpha value is -1.47. The predicted molar refractivity (Wildman–Crippen MR) is 80.4 cm³/mol. The van der Waals surface area contributed by atoms with Crippen molar-refractivity contribution in [3.05, 3.63) is 16.1 Å². The number of hydrogen-bond donors (Lipinski definition) is 2. The van der Waals surface area contributed by atoms with Crippen LogP contribution in [0.1, 0.15) is 41.2 Å². The highest BCUT2D eigenvalue weighted by Crippen LogP contribution is 2.23. The zero-order chi connectivity index (χ0) is 15.2. The molecule has 2 heterocycles. The van der Waals surface area contributed by atoms with Crippen molar-refractivity contribution in [1.82, 2.24) is 9.88 Å². The number of piperidine rings is 1. The van der Waals surface area contributed by atoms with Gasteiger partial charge in [0, 0.05) is 31.3 Å². The Kier molecular flexibility index (Phi) is 5.69. The van der Waals surface area contributed by atoms with E-state index in [0.29, 0.717) is 44.1 Å². The van der Waals surface area contributed by atoms with Crippen molar-refractivity contribution in [2.45, 2.75) is 32.1 Å². The summed E-state index contributed by atoms with van der Waals surface area (Å²) in [6.07, 6.45) is 3.37. The molecule has 0 unspecified atom stereocenters. The number of hydrogen-bond acceptors (Lipinski definition) is 5. The highest BCUT2D eigenvalue weighted by molar-refractivity contribution is 7.09. The Labute approximate surface area is 128 Å². The van der Waals surface area contributed by atoms with Gasteiger partial charge in [-0.1, -0.05) is 0 Å². The Morgan fingerprint density at radius 2 is 2.14 bits per heavy atom. The van der Waals surface area contributed by atoms with Crippen molar-refractivity contribution < 1.29 is 14.7 Å². The summed E-state index contributed by atoms with van der Waals surface area (Å²) in [7, 11) is 0. The number of carbonyl (C=O) groups excluding carboxylic acids is 1. The minimum absolute atomic E-state index is 0.0220. The van der Waals surface area contributed by atoms with Gasteiger partial charge in [-0.05, 0) is 31.7 Å². The summed E-state index contributed by atoms with van der Waals surface area (Å²) in [6.45, 7) is 1.91. The minimum Gasteiger partial charge on any atom is -0.481 e. The van der Waals surface area contributed by atoms with E-state index in [0.717, 1.165) is 17.8 Å². The number of aliphatic carboxylic acids is 1. The van der Waals surface area contributed by atoms with Gasteiger partial charge in [0.2, 0.25) is 0 Å². The van der Waals surface area contributed by atoms with Gasteiger partial charge in [-0.25, -0.2) is 4.98 Å². The van der Waals surface area contributed by atoms with Gasteiger partial charge in [0.1, 0.15) is 5.69 Å². The molecule has 21 heavy (non-hydrogen) atoms. The Bertz CT molecular complexity index is 495. The molecule has 3 N–H and O–H groups in total. The number of amides is 1. The van der Waals surface area contributed by atoms with E-state index < -0.39 is 5.97 Å². The second-order valence-electron chi connectivity index (χ2n) is 5.33. The molecule has 1 aromatic rings. The zero-order valence-electron chi connectivity index (χ0n) is 12.0. The number of thiazole rings is 1. The fraction of sp³-hybridized carbons (Fsp3) is 0.643.